The second kappa shape index (κ2) is 7.12. The molecule has 0 aliphatic carbocycles. The summed E-state index contributed by atoms with van der Waals surface area (Å²) in [7, 11) is 1.50. The average molecular weight is 376 g/mol. The van der Waals surface area contributed by atoms with Crippen molar-refractivity contribution in [1.82, 2.24) is 15.8 Å². The summed E-state index contributed by atoms with van der Waals surface area (Å²) in [5.74, 6) is -0.978. The molecule has 2 heterocycles. The fraction of sp³-hybridized carbons (Fsp3) is 0.417. The van der Waals surface area contributed by atoms with Crippen molar-refractivity contribution in [2.24, 2.45) is 0 Å². The highest BCUT2D eigenvalue weighted by Gasteiger charge is 2.38. The summed E-state index contributed by atoms with van der Waals surface area (Å²) >= 11 is 4.55. The number of nitrogens with one attached hydrogen (secondary N) is 2. The van der Waals surface area contributed by atoms with E-state index in [1.54, 1.807) is 12.1 Å². The van der Waals surface area contributed by atoms with E-state index in [0.717, 1.165) is 8.69 Å². The lowest BCUT2D eigenvalue weighted by atomic mass is 10.3. The van der Waals surface area contributed by atoms with Crippen molar-refractivity contribution >= 4 is 45.0 Å². The van der Waals surface area contributed by atoms with Crippen LogP contribution in [0.25, 0.3) is 0 Å². The number of thiophene rings is 1. The number of hydrogen-bond donors (Lipinski definition) is 2. The molecule has 1 atom stereocenters. The minimum Gasteiger partial charge on any atom is -0.383 e. The van der Waals surface area contributed by atoms with Crippen LogP contribution in [0.4, 0.5) is 0 Å². The second-order valence-corrected chi connectivity index (χ2v) is 6.80. The van der Waals surface area contributed by atoms with Crippen molar-refractivity contribution in [3.8, 4) is 0 Å². The fourth-order valence-electron chi connectivity index (χ4n) is 1.86. The Kier molecular flexibility index (Phi) is 5.45. The highest BCUT2D eigenvalue weighted by atomic mass is 79.9. The van der Waals surface area contributed by atoms with Crippen LogP contribution in [0.15, 0.2) is 15.9 Å². The fourth-order valence-corrected chi connectivity index (χ4v) is 3.15. The van der Waals surface area contributed by atoms with E-state index in [0.29, 0.717) is 11.5 Å². The summed E-state index contributed by atoms with van der Waals surface area (Å²) in [6, 6.07) is 2.69. The minimum absolute atomic E-state index is 0.0248. The molecule has 114 valence electrons. The summed E-state index contributed by atoms with van der Waals surface area (Å²) in [4.78, 5) is 37.2. The van der Waals surface area contributed by atoms with E-state index in [1.807, 2.05) is 0 Å². The van der Waals surface area contributed by atoms with Gasteiger partial charge in [0.2, 0.25) is 11.8 Å². The van der Waals surface area contributed by atoms with Crippen LogP contribution in [0.5, 0.6) is 0 Å². The summed E-state index contributed by atoms with van der Waals surface area (Å²) in [5, 5.41) is 0. The first-order valence-corrected chi connectivity index (χ1v) is 7.78. The van der Waals surface area contributed by atoms with Gasteiger partial charge in [-0.15, -0.1) is 11.3 Å². The third kappa shape index (κ3) is 3.88. The van der Waals surface area contributed by atoms with Crippen LogP contribution in [-0.4, -0.2) is 48.9 Å². The molecule has 0 aromatic carbocycles. The number of ether oxygens (including phenoxy) is 1. The van der Waals surface area contributed by atoms with E-state index in [4.69, 9.17) is 4.74 Å². The Morgan fingerprint density at radius 3 is 2.90 bits per heavy atom. The summed E-state index contributed by atoms with van der Waals surface area (Å²) < 4.78 is 5.69. The number of amides is 3. The van der Waals surface area contributed by atoms with Gasteiger partial charge < -0.3 is 4.74 Å². The molecule has 3 amide bonds. The number of hydrazine groups is 1. The van der Waals surface area contributed by atoms with Crippen LogP contribution in [0.1, 0.15) is 16.1 Å². The molecule has 1 unspecified atom stereocenters. The maximum Gasteiger partial charge on any atom is 0.275 e. The SMILES string of the molecule is COCCN1C(=O)CC(NNC(=O)c2ccc(Br)s2)C1=O. The molecule has 1 saturated heterocycles. The van der Waals surface area contributed by atoms with Gasteiger partial charge in [-0.1, -0.05) is 0 Å². The quantitative estimate of drug-likeness (QED) is 0.558. The molecule has 1 fully saturated rings. The Hall–Kier alpha value is -1.29. The Morgan fingerprint density at radius 1 is 1.52 bits per heavy atom. The van der Waals surface area contributed by atoms with Gasteiger partial charge in [-0.05, 0) is 28.1 Å². The summed E-state index contributed by atoms with van der Waals surface area (Å²) in [5.41, 5.74) is 5.07. The number of hydrogen-bond acceptors (Lipinski definition) is 6. The second-order valence-electron chi connectivity index (χ2n) is 4.34. The zero-order chi connectivity index (χ0) is 15.4. The highest BCUT2D eigenvalue weighted by Crippen LogP contribution is 2.21. The van der Waals surface area contributed by atoms with Gasteiger partial charge in [0.1, 0.15) is 6.04 Å². The molecular formula is C12H14BrN3O4S. The zero-order valence-corrected chi connectivity index (χ0v) is 13.6. The number of likely N-dealkylation sites (tertiary alicyclic amines) is 1. The molecule has 21 heavy (non-hydrogen) atoms. The Bertz CT molecular complexity index is 562. The zero-order valence-electron chi connectivity index (χ0n) is 11.2. The molecule has 0 saturated carbocycles. The van der Waals surface area contributed by atoms with E-state index in [2.05, 4.69) is 26.8 Å². The lowest BCUT2D eigenvalue weighted by Gasteiger charge is -2.15. The lowest BCUT2D eigenvalue weighted by Crippen LogP contribution is -2.48. The smallest absolute Gasteiger partial charge is 0.275 e. The van der Waals surface area contributed by atoms with Gasteiger partial charge in [0.05, 0.1) is 28.2 Å². The molecule has 9 heteroatoms. The number of carbonyl (C=O) groups is 3. The lowest BCUT2D eigenvalue weighted by molar-refractivity contribution is -0.139. The number of methoxy groups -OCH3 is 1. The van der Waals surface area contributed by atoms with Gasteiger partial charge in [-0.2, -0.15) is 0 Å². The largest absolute Gasteiger partial charge is 0.383 e. The Morgan fingerprint density at radius 2 is 2.29 bits per heavy atom. The molecular weight excluding hydrogens is 362 g/mol. The summed E-state index contributed by atoms with van der Waals surface area (Å²) in [6.07, 6.45) is 0.0248. The van der Waals surface area contributed by atoms with E-state index < -0.39 is 6.04 Å². The number of nitrogens with zero attached hydrogens (tertiary/aromatic N) is 1. The molecule has 0 bridgehead atoms. The first-order chi connectivity index (χ1) is 10.0. The molecule has 1 aliphatic heterocycles. The minimum atomic E-state index is -0.735. The molecule has 2 N–H and O–H groups in total. The molecule has 1 aromatic heterocycles. The van der Waals surface area contributed by atoms with Crippen molar-refractivity contribution < 1.29 is 19.1 Å². The number of imide groups is 1. The predicted octanol–water partition coefficient (Wildman–Crippen LogP) is 0.519. The molecule has 1 aromatic rings. The van der Waals surface area contributed by atoms with Crippen molar-refractivity contribution in [1.29, 1.82) is 0 Å². The Labute approximate surface area is 133 Å². The molecule has 0 spiro atoms. The summed E-state index contributed by atoms with van der Waals surface area (Å²) in [6.45, 7) is 0.512. The van der Waals surface area contributed by atoms with Gasteiger partial charge in [0.15, 0.2) is 0 Å². The van der Waals surface area contributed by atoms with Crippen LogP contribution >= 0.6 is 27.3 Å². The molecule has 7 nitrogen and oxygen atoms in total. The number of halogens is 1. The first-order valence-electron chi connectivity index (χ1n) is 6.17. The maximum atomic E-state index is 12.0. The molecule has 1 aliphatic rings. The molecule has 2 rings (SSSR count). The van der Waals surface area contributed by atoms with Crippen molar-refractivity contribution in [2.45, 2.75) is 12.5 Å². The number of carbonyl (C=O) groups excluding carboxylic acids is 3. The number of rotatable bonds is 6. The van der Waals surface area contributed by atoms with Crippen LogP contribution in [0.3, 0.4) is 0 Å². The Balaban J connectivity index is 1.88. The van der Waals surface area contributed by atoms with E-state index in [9.17, 15) is 14.4 Å². The van der Waals surface area contributed by atoms with Crippen molar-refractivity contribution in [3.05, 3.63) is 20.8 Å². The monoisotopic (exact) mass is 375 g/mol. The predicted molar refractivity (Wildman–Crippen MR) is 79.6 cm³/mol. The van der Waals surface area contributed by atoms with Crippen molar-refractivity contribution in [2.75, 3.05) is 20.3 Å². The topological polar surface area (TPSA) is 87.7 Å². The van der Waals surface area contributed by atoms with Crippen LogP contribution in [0, 0.1) is 0 Å². The van der Waals surface area contributed by atoms with Crippen LogP contribution in [0.2, 0.25) is 0 Å². The van der Waals surface area contributed by atoms with E-state index in [-0.39, 0.29) is 30.7 Å². The first kappa shape index (κ1) is 16.1. The normalized spacial score (nSPS) is 18.4. The van der Waals surface area contributed by atoms with Gasteiger partial charge in [0.25, 0.3) is 5.91 Å². The van der Waals surface area contributed by atoms with Gasteiger partial charge in [0, 0.05) is 7.11 Å². The van der Waals surface area contributed by atoms with Crippen molar-refractivity contribution in [3.63, 3.8) is 0 Å². The maximum absolute atomic E-state index is 12.0. The van der Waals surface area contributed by atoms with Gasteiger partial charge in [-0.25, -0.2) is 5.43 Å². The van der Waals surface area contributed by atoms with Crippen LogP contribution in [-0.2, 0) is 14.3 Å². The van der Waals surface area contributed by atoms with E-state index >= 15 is 0 Å². The third-order valence-corrected chi connectivity index (χ3v) is 4.54. The van der Waals surface area contributed by atoms with Crippen LogP contribution < -0.4 is 10.9 Å². The third-order valence-electron chi connectivity index (χ3n) is 2.92. The van der Waals surface area contributed by atoms with Gasteiger partial charge in [-0.3, -0.25) is 24.7 Å². The average Bonchev–Trinajstić information content (AvgIpc) is 2.99. The standard InChI is InChI=1S/C12H14BrN3O4S/c1-20-5-4-16-10(17)6-7(12(16)19)14-15-11(18)8-2-3-9(13)21-8/h2-3,7,14H,4-6H2,1H3,(H,15,18). The molecule has 0 radical (unpaired) electrons. The van der Waals surface area contributed by atoms with Gasteiger partial charge >= 0.3 is 0 Å². The highest BCUT2D eigenvalue weighted by molar-refractivity contribution is 9.11. The van der Waals surface area contributed by atoms with E-state index in [1.165, 1.54) is 18.4 Å².